The van der Waals surface area contributed by atoms with Crippen LogP contribution in [0.3, 0.4) is 0 Å². The van der Waals surface area contributed by atoms with Crippen LogP contribution in [-0.2, 0) is 0 Å². The Hall–Kier alpha value is 0.350. The van der Waals surface area contributed by atoms with E-state index < -0.39 is 0 Å². The molecule has 2 bridgehead atoms. The Kier molecular flexibility index (Phi) is 3.49. The minimum atomic E-state index is 0.899. The third kappa shape index (κ3) is 2.07. The molecule has 1 heteroatoms. The van der Waals surface area contributed by atoms with Crippen molar-refractivity contribution in [2.75, 3.05) is 5.75 Å². The second-order valence-electron chi connectivity index (χ2n) is 7.27. The first-order chi connectivity index (χ1) is 8.20. The molecule has 0 heterocycles. The van der Waals surface area contributed by atoms with Crippen LogP contribution in [0.4, 0.5) is 0 Å². The van der Waals surface area contributed by atoms with Crippen molar-refractivity contribution < 1.29 is 0 Å². The van der Waals surface area contributed by atoms with Crippen molar-refractivity contribution in [3.63, 3.8) is 0 Å². The normalized spacial score (nSPS) is 54.2. The maximum absolute atomic E-state index is 4.57. The molecule has 3 saturated carbocycles. The minimum absolute atomic E-state index is 0.899. The molecule has 3 rings (SSSR count). The maximum Gasteiger partial charge on any atom is -0.00694 e. The number of rotatable bonds is 1. The van der Waals surface area contributed by atoms with E-state index in [4.69, 9.17) is 0 Å². The highest BCUT2D eigenvalue weighted by atomic mass is 32.1. The molecule has 0 aliphatic heterocycles. The van der Waals surface area contributed by atoms with E-state index in [2.05, 4.69) is 26.5 Å². The molecule has 0 N–H and O–H groups in total. The van der Waals surface area contributed by atoms with Crippen molar-refractivity contribution >= 4 is 12.6 Å². The average Bonchev–Trinajstić information content (AvgIpc) is 2.91. The van der Waals surface area contributed by atoms with Gasteiger partial charge in [0.05, 0.1) is 0 Å². The summed E-state index contributed by atoms with van der Waals surface area (Å²) in [6, 6.07) is 0. The van der Waals surface area contributed by atoms with E-state index in [0.717, 1.165) is 47.2 Å². The molecule has 0 aromatic rings. The van der Waals surface area contributed by atoms with Crippen molar-refractivity contribution in [1.82, 2.24) is 0 Å². The largest absolute Gasteiger partial charge is 0.179 e. The summed E-state index contributed by atoms with van der Waals surface area (Å²) in [7, 11) is 0. The molecule has 7 atom stereocenters. The van der Waals surface area contributed by atoms with Gasteiger partial charge in [-0.25, -0.2) is 0 Å². The van der Waals surface area contributed by atoms with Crippen molar-refractivity contribution in [2.24, 2.45) is 41.4 Å². The minimum Gasteiger partial charge on any atom is -0.179 e. The summed E-state index contributed by atoms with van der Waals surface area (Å²) in [5.41, 5.74) is 0. The van der Waals surface area contributed by atoms with Crippen LogP contribution >= 0.6 is 12.6 Å². The second-order valence-corrected chi connectivity index (χ2v) is 7.64. The SMILES string of the molecule is CC1CC(CS)CC[C@H]2C3CCC(C3)C2C1C. The van der Waals surface area contributed by atoms with Crippen molar-refractivity contribution in [3.05, 3.63) is 0 Å². The lowest BCUT2D eigenvalue weighted by Crippen LogP contribution is -2.34. The van der Waals surface area contributed by atoms with Gasteiger partial charge in [0.15, 0.2) is 0 Å². The van der Waals surface area contributed by atoms with Crippen LogP contribution in [0.1, 0.15) is 52.4 Å². The molecule has 0 aromatic carbocycles. The lowest BCUT2D eigenvalue weighted by Gasteiger charge is -2.41. The summed E-state index contributed by atoms with van der Waals surface area (Å²) in [6.45, 7) is 5.07. The van der Waals surface area contributed by atoms with Crippen LogP contribution < -0.4 is 0 Å². The summed E-state index contributed by atoms with van der Waals surface area (Å²) in [5, 5.41) is 0. The van der Waals surface area contributed by atoms with E-state index in [9.17, 15) is 0 Å². The Morgan fingerprint density at radius 1 is 0.941 bits per heavy atom. The molecule has 0 amide bonds. The highest BCUT2D eigenvalue weighted by molar-refractivity contribution is 7.80. The predicted octanol–water partition coefficient (Wildman–Crippen LogP) is 4.65. The monoisotopic (exact) mass is 252 g/mol. The Balaban J connectivity index is 1.79. The molecule has 17 heavy (non-hydrogen) atoms. The second kappa shape index (κ2) is 4.79. The molecular formula is C16H28S. The number of thiol groups is 1. The third-order valence-electron chi connectivity index (χ3n) is 6.53. The van der Waals surface area contributed by atoms with Gasteiger partial charge in [-0.05, 0) is 85.7 Å². The van der Waals surface area contributed by atoms with Gasteiger partial charge in [0.25, 0.3) is 0 Å². The van der Waals surface area contributed by atoms with Crippen molar-refractivity contribution in [1.29, 1.82) is 0 Å². The zero-order valence-corrected chi connectivity index (χ0v) is 12.3. The van der Waals surface area contributed by atoms with Gasteiger partial charge in [0.2, 0.25) is 0 Å². The molecule has 0 aromatic heterocycles. The Labute approximate surface area is 112 Å². The molecule has 0 spiro atoms. The molecule has 0 radical (unpaired) electrons. The van der Waals surface area contributed by atoms with E-state index in [0.29, 0.717) is 0 Å². The lowest BCUT2D eigenvalue weighted by molar-refractivity contribution is 0.0817. The summed E-state index contributed by atoms with van der Waals surface area (Å²) >= 11 is 4.57. The van der Waals surface area contributed by atoms with Gasteiger partial charge in [0.1, 0.15) is 0 Å². The van der Waals surface area contributed by atoms with Crippen LogP contribution in [0.2, 0.25) is 0 Å². The van der Waals surface area contributed by atoms with Gasteiger partial charge in [-0.15, -0.1) is 0 Å². The maximum atomic E-state index is 4.57. The number of fused-ring (bicyclic) bond motifs is 5. The van der Waals surface area contributed by atoms with Gasteiger partial charge in [-0.2, -0.15) is 12.6 Å². The highest BCUT2D eigenvalue weighted by Crippen LogP contribution is 2.58. The van der Waals surface area contributed by atoms with Crippen LogP contribution in [0.25, 0.3) is 0 Å². The van der Waals surface area contributed by atoms with Gasteiger partial charge in [-0.3, -0.25) is 0 Å². The lowest BCUT2D eigenvalue weighted by atomic mass is 9.64. The highest BCUT2D eigenvalue weighted by Gasteiger charge is 2.50. The summed E-state index contributed by atoms with van der Waals surface area (Å²) in [4.78, 5) is 0. The molecule has 98 valence electrons. The van der Waals surface area contributed by atoms with E-state index in [1.807, 2.05) is 0 Å². The van der Waals surface area contributed by atoms with Gasteiger partial charge >= 0.3 is 0 Å². The third-order valence-corrected chi connectivity index (χ3v) is 7.05. The number of hydrogen-bond donors (Lipinski definition) is 1. The van der Waals surface area contributed by atoms with E-state index in [1.165, 1.54) is 19.3 Å². The Morgan fingerprint density at radius 3 is 2.47 bits per heavy atom. The first-order valence-electron chi connectivity index (χ1n) is 7.81. The van der Waals surface area contributed by atoms with Gasteiger partial charge < -0.3 is 0 Å². The first-order valence-corrected chi connectivity index (χ1v) is 8.44. The molecule has 3 fully saturated rings. The zero-order chi connectivity index (χ0) is 12.0. The first kappa shape index (κ1) is 12.4. The van der Waals surface area contributed by atoms with Crippen LogP contribution in [0.15, 0.2) is 0 Å². The van der Waals surface area contributed by atoms with Crippen LogP contribution in [0, 0.1) is 41.4 Å². The molecule has 3 aliphatic rings. The summed E-state index contributed by atoms with van der Waals surface area (Å²) in [6.07, 6.45) is 9.11. The quantitative estimate of drug-likeness (QED) is 0.645. The predicted molar refractivity (Wildman–Crippen MR) is 77.3 cm³/mol. The Bertz CT molecular complexity index is 275. The van der Waals surface area contributed by atoms with E-state index in [-0.39, 0.29) is 0 Å². The van der Waals surface area contributed by atoms with Crippen molar-refractivity contribution in [3.8, 4) is 0 Å². The molecule has 0 saturated heterocycles. The fourth-order valence-corrected chi connectivity index (χ4v) is 5.87. The van der Waals surface area contributed by atoms with Gasteiger partial charge in [-0.1, -0.05) is 13.8 Å². The van der Waals surface area contributed by atoms with Gasteiger partial charge in [0, 0.05) is 0 Å². The smallest absolute Gasteiger partial charge is 0.00694 e. The molecule has 3 aliphatic carbocycles. The van der Waals surface area contributed by atoms with Crippen LogP contribution in [-0.4, -0.2) is 5.75 Å². The fraction of sp³-hybridized carbons (Fsp3) is 1.00. The summed E-state index contributed by atoms with van der Waals surface area (Å²) in [5.74, 6) is 8.31. The van der Waals surface area contributed by atoms with E-state index >= 15 is 0 Å². The molecule has 6 unspecified atom stereocenters. The van der Waals surface area contributed by atoms with Crippen molar-refractivity contribution in [2.45, 2.75) is 52.4 Å². The Morgan fingerprint density at radius 2 is 1.71 bits per heavy atom. The fourth-order valence-electron chi connectivity index (χ4n) is 5.53. The average molecular weight is 252 g/mol. The summed E-state index contributed by atoms with van der Waals surface area (Å²) < 4.78 is 0. The molecular weight excluding hydrogens is 224 g/mol. The number of hydrogen-bond acceptors (Lipinski definition) is 1. The topological polar surface area (TPSA) is 0 Å². The van der Waals surface area contributed by atoms with E-state index in [1.54, 1.807) is 19.3 Å². The standard InChI is InChI=1S/C16H28S/c1-10-7-12(9-17)3-6-15-13-4-5-14(8-13)16(15)11(10)2/h10-17H,3-9H2,1-2H3/t10?,11?,12?,13?,14?,15-,16?/m0/s1. The molecule has 0 nitrogen and oxygen atoms in total. The zero-order valence-electron chi connectivity index (χ0n) is 11.4. The van der Waals surface area contributed by atoms with Crippen LogP contribution in [0.5, 0.6) is 0 Å².